The molecule has 0 aliphatic heterocycles. The molecule has 0 aliphatic rings. The van der Waals surface area contributed by atoms with Gasteiger partial charge in [0.25, 0.3) is 0 Å². The smallest absolute Gasteiger partial charge is 0.364 e. The zero-order chi connectivity index (χ0) is 8.91. The SMILES string of the molecule is CNC(=S)NOCC(F)(F)F. The monoisotopic (exact) mass is 188 g/mol. The van der Waals surface area contributed by atoms with Crippen LogP contribution in [0.15, 0.2) is 0 Å². The van der Waals surface area contributed by atoms with Gasteiger partial charge < -0.3 is 5.32 Å². The molecule has 0 unspecified atom stereocenters. The lowest BCUT2D eigenvalue weighted by molar-refractivity contribution is -0.182. The van der Waals surface area contributed by atoms with E-state index in [4.69, 9.17) is 0 Å². The van der Waals surface area contributed by atoms with Gasteiger partial charge in [0.15, 0.2) is 11.7 Å². The van der Waals surface area contributed by atoms with Gasteiger partial charge in [-0.2, -0.15) is 13.2 Å². The first-order valence-electron chi connectivity index (χ1n) is 2.62. The van der Waals surface area contributed by atoms with Crippen molar-refractivity contribution in [2.45, 2.75) is 6.18 Å². The van der Waals surface area contributed by atoms with Gasteiger partial charge in [0.2, 0.25) is 0 Å². The van der Waals surface area contributed by atoms with Gasteiger partial charge in [-0.15, -0.1) is 0 Å². The minimum atomic E-state index is -4.34. The molecule has 11 heavy (non-hydrogen) atoms. The summed E-state index contributed by atoms with van der Waals surface area (Å²) in [7, 11) is 1.46. The molecule has 0 aromatic heterocycles. The first kappa shape index (κ1) is 10.4. The zero-order valence-corrected chi connectivity index (χ0v) is 6.47. The third kappa shape index (κ3) is 7.34. The maximum Gasteiger partial charge on any atom is 0.414 e. The fourth-order valence-corrected chi connectivity index (χ4v) is 0.293. The molecule has 7 heteroatoms. The van der Waals surface area contributed by atoms with E-state index < -0.39 is 12.8 Å². The van der Waals surface area contributed by atoms with E-state index in [2.05, 4.69) is 22.4 Å². The second-order valence-corrected chi connectivity index (χ2v) is 1.99. The summed E-state index contributed by atoms with van der Waals surface area (Å²) in [5.74, 6) is 0. The third-order valence-electron chi connectivity index (χ3n) is 0.628. The Balaban J connectivity index is 3.35. The predicted octanol–water partition coefficient (Wildman–Crippen LogP) is 0.574. The number of hydrogen-bond acceptors (Lipinski definition) is 2. The summed E-state index contributed by atoms with van der Waals surface area (Å²) >= 11 is 4.43. The van der Waals surface area contributed by atoms with E-state index in [9.17, 15) is 13.2 Å². The minimum Gasteiger partial charge on any atom is -0.364 e. The molecule has 0 amide bonds. The molecule has 0 aromatic rings. The van der Waals surface area contributed by atoms with Crippen LogP contribution in [0.3, 0.4) is 0 Å². The second-order valence-electron chi connectivity index (χ2n) is 1.59. The first-order valence-corrected chi connectivity index (χ1v) is 3.03. The van der Waals surface area contributed by atoms with Gasteiger partial charge in [-0.25, -0.2) is 5.48 Å². The summed E-state index contributed by atoms with van der Waals surface area (Å²) in [6.07, 6.45) is -4.34. The van der Waals surface area contributed by atoms with Crippen LogP contribution in [0.5, 0.6) is 0 Å². The summed E-state index contributed by atoms with van der Waals surface area (Å²) in [6.45, 7) is -1.37. The quantitative estimate of drug-likeness (QED) is 0.490. The summed E-state index contributed by atoms with van der Waals surface area (Å²) in [6, 6.07) is 0. The van der Waals surface area contributed by atoms with Crippen LogP contribution < -0.4 is 10.8 Å². The number of thiocarbonyl (C=S) groups is 1. The maximum absolute atomic E-state index is 11.4. The second kappa shape index (κ2) is 4.35. The summed E-state index contributed by atoms with van der Waals surface area (Å²) in [5.41, 5.74) is 1.89. The van der Waals surface area contributed by atoms with E-state index in [0.29, 0.717) is 0 Å². The Labute approximate surface area is 66.9 Å². The summed E-state index contributed by atoms with van der Waals surface area (Å²) in [4.78, 5) is 3.97. The molecule has 0 aromatic carbocycles. The van der Waals surface area contributed by atoms with Gasteiger partial charge >= 0.3 is 6.18 Å². The molecule has 0 saturated heterocycles. The Bertz CT molecular complexity index is 138. The number of rotatable bonds is 2. The Morgan fingerprint density at radius 1 is 1.55 bits per heavy atom. The summed E-state index contributed by atoms with van der Waals surface area (Å²) < 4.78 is 34.1. The van der Waals surface area contributed by atoms with E-state index in [0.717, 1.165) is 0 Å². The van der Waals surface area contributed by atoms with Crippen molar-refractivity contribution in [2.75, 3.05) is 13.7 Å². The fourth-order valence-electron chi connectivity index (χ4n) is 0.234. The van der Waals surface area contributed by atoms with Gasteiger partial charge in [-0.05, 0) is 12.2 Å². The van der Waals surface area contributed by atoms with E-state index in [1.54, 1.807) is 0 Å². The molecule has 0 heterocycles. The molecular weight excluding hydrogens is 181 g/mol. The lowest BCUT2D eigenvalue weighted by Gasteiger charge is -2.08. The maximum atomic E-state index is 11.4. The summed E-state index contributed by atoms with van der Waals surface area (Å²) in [5, 5.41) is 2.39. The van der Waals surface area contributed by atoms with Crippen molar-refractivity contribution in [2.24, 2.45) is 0 Å². The molecule has 0 rings (SSSR count). The molecular formula is C4H7F3N2OS. The lowest BCUT2D eigenvalue weighted by Crippen LogP contribution is -2.35. The van der Waals surface area contributed by atoms with Crippen LogP contribution in [0, 0.1) is 0 Å². The normalized spacial score (nSPS) is 10.9. The molecule has 0 bridgehead atoms. The number of hydroxylamine groups is 1. The van der Waals surface area contributed by atoms with Gasteiger partial charge in [0.05, 0.1) is 0 Å². The standard InChI is InChI=1S/C4H7F3N2OS/c1-8-3(11)9-10-2-4(5,6)7/h2H2,1H3,(H2,8,9,11). The molecule has 3 nitrogen and oxygen atoms in total. The van der Waals surface area contributed by atoms with Crippen molar-refractivity contribution >= 4 is 17.3 Å². The molecule has 0 fully saturated rings. The highest BCUT2D eigenvalue weighted by molar-refractivity contribution is 7.80. The molecule has 0 aliphatic carbocycles. The van der Waals surface area contributed by atoms with Crippen LogP contribution >= 0.6 is 12.2 Å². The van der Waals surface area contributed by atoms with Gasteiger partial charge in [-0.1, -0.05) is 0 Å². The van der Waals surface area contributed by atoms with Crippen LogP contribution in [0.1, 0.15) is 0 Å². The molecule has 0 radical (unpaired) electrons. The van der Waals surface area contributed by atoms with Crippen molar-refractivity contribution in [3.63, 3.8) is 0 Å². The molecule has 0 atom stereocenters. The highest BCUT2D eigenvalue weighted by atomic mass is 32.1. The minimum absolute atomic E-state index is 0.00856. The largest absolute Gasteiger partial charge is 0.414 e. The van der Waals surface area contributed by atoms with Crippen LogP contribution in [0.2, 0.25) is 0 Å². The van der Waals surface area contributed by atoms with Gasteiger partial charge in [0, 0.05) is 7.05 Å². The third-order valence-corrected chi connectivity index (χ3v) is 0.915. The topological polar surface area (TPSA) is 33.3 Å². The van der Waals surface area contributed by atoms with Crippen LogP contribution in [-0.4, -0.2) is 24.9 Å². The highest BCUT2D eigenvalue weighted by Gasteiger charge is 2.27. The Kier molecular flexibility index (Phi) is 4.12. The zero-order valence-electron chi connectivity index (χ0n) is 5.66. The predicted molar refractivity (Wildman–Crippen MR) is 36.8 cm³/mol. The fraction of sp³-hybridized carbons (Fsp3) is 0.750. The number of halogens is 3. The number of alkyl halides is 3. The van der Waals surface area contributed by atoms with Crippen molar-refractivity contribution in [1.82, 2.24) is 10.8 Å². The van der Waals surface area contributed by atoms with E-state index in [-0.39, 0.29) is 5.11 Å². The highest BCUT2D eigenvalue weighted by Crippen LogP contribution is 2.13. The van der Waals surface area contributed by atoms with E-state index in [1.807, 2.05) is 5.48 Å². The van der Waals surface area contributed by atoms with Crippen molar-refractivity contribution in [3.8, 4) is 0 Å². The Morgan fingerprint density at radius 2 is 2.09 bits per heavy atom. The average molecular weight is 188 g/mol. The van der Waals surface area contributed by atoms with Crippen LogP contribution in [0.4, 0.5) is 13.2 Å². The Hall–Kier alpha value is -0.560. The van der Waals surface area contributed by atoms with Crippen LogP contribution in [0.25, 0.3) is 0 Å². The van der Waals surface area contributed by atoms with Crippen molar-refractivity contribution < 1.29 is 18.0 Å². The number of hydrogen-bond donors (Lipinski definition) is 2. The van der Waals surface area contributed by atoms with Gasteiger partial charge in [-0.3, -0.25) is 4.84 Å². The molecule has 2 N–H and O–H groups in total. The molecule has 0 saturated carbocycles. The van der Waals surface area contributed by atoms with E-state index in [1.165, 1.54) is 7.05 Å². The van der Waals surface area contributed by atoms with Crippen LogP contribution in [-0.2, 0) is 4.84 Å². The number of nitrogens with one attached hydrogen (secondary N) is 2. The Morgan fingerprint density at radius 3 is 2.45 bits per heavy atom. The first-order chi connectivity index (χ1) is 4.95. The lowest BCUT2D eigenvalue weighted by atomic mass is 10.7. The van der Waals surface area contributed by atoms with Crippen molar-refractivity contribution in [1.29, 1.82) is 0 Å². The van der Waals surface area contributed by atoms with E-state index >= 15 is 0 Å². The van der Waals surface area contributed by atoms with Gasteiger partial charge in [0.1, 0.15) is 0 Å². The van der Waals surface area contributed by atoms with Crippen molar-refractivity contribution in [3.05, 3.63) is 0 Å². The average Bonchev–Trinajstić information content (AvgIpc) is 1.85. The molecule has 66 valence electrons. The molecule has 0 spiro atoms.